The quantitative estimate of drug-likeness (QED) is 0.265. The third-order valence-corrected chi connectivity index (χ3v) is 10.3. The maximum atomic E-state index is 13.1. The van der Waals surface area contributed by atoms with Crippen LogP contribution < -0.4 is 5.32 Å². The highest BCUT2D eigenvalue weighted by Gasteiger charge is 2.47. The second-order valence-electron chi connectivity index (χ2n) is 13.4. The summed E-state index contributed by atoms with van der Waals surface area (Å²) in [5.74, 6) is -2.59. The van der Waals surface area contributed by atoms with Gasteiger partial charge in [-0.05, 0) is 60.0 Å². The summed E-state index contributed by atoms with van der Waals surface area (Å²) in [5, 5.41) is 22.3. The summed E-state index contributed by atoms with van der Waals surface area (Å²) in [4.78, 5) is 27.7. The Labute approximate surface area is 290 Å². The minimum absolute atomic E-state index is 0.00965. The Morgan fingerprint density at radius 1 is 0.900 bits per heavy atom. The molecule has 0 aromatic heterocycles. The number of halogens is 3. The van der Waals surface area contributed by atoms with Gasteiger partial charge < -0.3 is 29.9 Å². The first-order chi connectivity index (χ1) is 24.1. The maximum Gasteiger partial charge on any atom is 0.471 e. The molecule has 3 fully saturated rings. The van der Waals surface area contributed by atoms with Gasteiger partial charge in [0, 0.05) is 37.2 Å². The van der Waals surface area contributed by atoms with Crippen LogP contribution in [-0.2, 0) is 32.2 Å². The van der Waals surface area contributed by atoms with Crippen LogP contribution in [0.2, 0.25) is 0 Å². The highest BCUT2D eigenvalue weighted by molar-refractivity contribution is 5.90. The molecule has 0 spiro atoms. The number of aliphatic hydroxyl groups excluding tert-OH is 2. The molecule has 3 saturated heterocycles. The van der Waals surface area contributed by atoms with E-state index in [2.05, 4.69) is 17.1 Å². The summed E-state index contributed by atoms with van der Waals surface area (Å²) in [5.41, 5.74) is 5.12. The summed E-state index contributed by atoms with van der Waals surface area (Å²) in [6, 6.07) is 22.0. The minimum Gasteiger partial charge on any atom is -0.395 e. The van der Waals surface area contributed by atoms with E-state index in [1.165, 1.54) is 0 Å². The molecule has 3 aromatic rings. The van der Waals surface area contributed by atoms with E-state index in [4.69, 9.17) is 9.47 Å². The monoisotopic (exact) mass is 695 g/mol. The maximum absolute atomic E-state index is 13.1. The minimum atomic E-state index is -5.03. The summed E-state index contributed by atoms with van der Waals surface area (Å²) in [7, 11) is 0. The second-order valence-corrected chi connectivity index (χ2v) is 13.4. The number of hydrogen-bond acceptors (Lipinski definition) is 7. The molecule has 0 saturated carbocycles. The molecule has 0 bridgehead atoms. The first kappa shape index (κ1) is 36.0. The Morgan fingerprint density at radius 2 is 1.60 bits per heavy atom. The van der Waals surface area contributed by atoms with Gasteiger partial charge in [-0.1, -0.05) is 79.7 Å². The van der Waals surface area contributed by atoms with Crippen molar-refractivity contribution >= 4 is 11.8 Å². The predicted octanol–water partition coefficient (Wildman–Crippen LogP) is 5.26. The van der Waals surface area contributed by atoms with Gasteiger partial charge in [-0.25, -0.2) is 0 Å². The number of alkyl halides is 3. The number of hydrogen-bond donors (Lipinski definition) is 3. The molecule has 50 heavy (non-hydrogen) atoms. The van der Waals surface area contributed by atoms with E-state index < -0.39 is 30.3 Å². The Morgan fingerprint density at radius 3 is 2.30 bits per heavy atom. The second kappa shape index (κ2) is 15.6. The van der Waals surface area contributed by atoms with Crippen molar-refractivity contribution in [2.75, 3.05) is 26.2 Å². The molecule has 0 radical (unpaired) electrons. The molecule has 3 aliphatic rings. The SMILES string of the molecule is C[C@H]1[C@@H](CN2CCC[C@H]2CO)O[C@@H](c2ccc(-c3ccccc3CNC(=O)[C@@H]3CCCN3C(=O)C(F)(F)F)cc2)O[C@H]1c1ccc(CO)cc1. The first-order valence-electron chi connectivity index (χ1n) is 17.3. The molecule has 3 N–H and O–H groups in total. The van der Waals surface area contributed by atoms with Crippen LogP contribution in [0.1, 0.15) is 67.3 Å². The lowest BCUT2D eigenvalue weighted by atomic mass is 9.89. The molecule has 12 heteroatoms. The lowest BCUT2D eigenvalue weighted by Crippen LogP contribution is -2.50. The predicted molar refractivity (Wildman–Crippen MR) is 179 cm³/mol. The van der Waals surface area contributed by atoms with Gasteiger partial charge in [-0.15, -0.1) is 0 Å². The van der Waals surface area contributed by atoms with Gasteiger partial charge >= 0.3 is 12.1 Å². The van der Waals surface area contributed by atoms with Crippen molar-refractivity contribution in [3.8, 4) is 11.1 Å². The van der Waals surface area contributed by atoms with Gasteiger partial charge in [0.05, 0.1) is 25.4 Å². The molecule has 0 unspecified atom stereocenters. The molecule has 6 atom stereocenters. The third kappa shape index (κ3) is 7.89. The molecular formula is C38H44F3N3O6. The average molecular weight is 696 g/mol. The molecular weight excluding hydrogens is 651 g/mol. The molecule has 3 heterocycles. The van der Waals surface area contributed by atoms with Gasteiger partial charge in [-0.3, -0.25) is 14.5 Å². The zero-order chi connectivity index (χ0) is 35.4. The molecule has 2 amide bonds. The molecule has 3 aromatic carbocycles. The van der Waals surface area contributed by atoms with Crippen molar-refractivity contribution in [1.82, 2.24) is 15.1 Å². The van der Waals surface area contributed by atoms with Crippen molar-refractivity contribution in [2.24, 2.45) is 5.92 Å². The number of carbonyl (C=O) groups excluding carboxylic acids is 2. The van der Waals surface area contributed by atoms with Crippen LogP contribution in [0.5, 0.6) is 0 Å². The van der Waals surface area contributed by atoms with Crippen molar-refractivity contribution in [1.29, 1.82) is 0 Å². The van der Waals surface area contributed by atoms with Crippen molar-refractivity contribution in [3.05, 3.63) is 95.1 Å². The van der Waals surface area contributed by atoms with Crippen LogP contribution in [0, 0.1) is 5.92 Å². The number of rotatable bonds is 10. The lowest BCUT2D eigenvalue weighted by Gasteiger charge is -2.43. The third-order valence-electron chi connectivity index (χ3n) is 10.3. The zero-order valence-electron chi connectivity index (χ0n) is 28.0. The summed E-state index contributed by atoms with van der Waals surface area (Å²) < 4.78 is 52.5. The molecule has 268 valence electrons. The number of carbonyl (C=O) groups is 2. The van der Waals surface area contributed by atoms with Crippen LogP contribution in [0.3, 0.4) is 0 Å². The van der Waals surface area contributed by atoms with Crippen LogP contribution in [0.4, 0.5) is 13.2 Å². The van der Waals surface area contributed by atoms with E-state index in [1.54, 1.807) is 0 Å². The fourth-order valence-electron chi connectivity index (χ4n) is 7.42. The Balaban J connectivity index is 1.18. The van der Waals surface area contributed by atoms with Crippen molar-refractivity contribution in [3.63, 3.8) is 0 Å². The van der Waals surface area contributed by atoms with Crippen LogP contribution in [0.15, 0.2) is 72.8 Å². The highest BCUT2D eigenvalue weighted by Crippen LogP contribution is 2.42. The smallest absolute Gasteiger partial charge is 0.395 e. The number of amides is 2. The first-order valence-corrected chi connectivity index (χ1v) is 17.3. The van der Waals surface area contributed by atoms with E-state index in [0.29, 0.717) is 17.9 Å². The topological polar surface area (TPSA) is 112 Å². The van der Waals surface area contributed by atoms with Crippen LogP contribution in [-0.4, -0.2) is 82.4 Å². The number of nitrogens with zero attached hydrogens (tertiary/aromatic N) is 2. The van der Waals surface area contributed by atoms with Crippen LogP contribution in [0.25, 0.3) is 11.1 Å². The number of nitrogens with one attached hydrogen (secondary N) is 1. The largest absolute Gasteiger partial charge is 0.471 e. The standard InChI is InChI=1S/C38H44F3N3O6/c1-24-33(21-43-18-4-7-30(43)23-46)49-36(50-34(24)27-12-10-25(22-45)11-13-27)28-16-14-26(15-17-28)31-8-3-2-6-29(31)20-42-35(47)32-9-5-19-44(32)37(48)38(39,40)41/h2-3,6,8,10-17,24,30,32-34,36,45-46H,4-5,7,9,18-23H2,1H3,(H,42,47)/t24-,30-,32-,33+,34+,36+/m0/s1. The Kier molecular flexibility index (Phi) is 11.2. The van der Waals surface area contributed by atoms with Crippen molar-refractivity contribution in [2.45, 2.75) is 82.5 Å². The van der Waals surface area contributed by atoms with E-state index >= 15 is 0 Å². The van der Waals surface area contributed by atoms with Gasteiger partial charge in [-0.2, -0.15) is 13.2 Å². The van der Waals surface area contributed by atoms with Gasteiger partial charge in [0.15, 0.2) is 6.29 Å². The van der Waals surface area contributed by atoms with Gasteiger partial charge in [0.2, 0.25) is 5.91 Å². The molecule has 9 nitrogen and oxygen atoms in total. The van der Waals surface area contributed by atoms with Crippen LogP contribution >= 0.6 is 0 Å². The van der Waals surface area contributed by atoms with E-state index in [9.17, 15) is 33.0 Å². The number of likely N-dealkylation sites (tertiary alicyclic amines) is 2. The number of benzene rings is 3. The number of ether oxygens (including phenoxy) is 2. The number of aliphatic hydroxyl groups is 2. The van der Waals surface area contributed by atoms with E-state index in [-0.39, 0.29) is 56.9 Å². The normalized spacial score (nSPS) is 25.9. The van der Waals surface area contributed by atoms with Gasteiger partial charge in [0.1, 0.15) is 6.04 Å². The Bertz CT molecular complexity index is 1620. The highest BCUT2D eigenvalue weighted by atomic mass is 19.4. The summed E-state index contributed by atoms with van der Waals surface area (Å²) >= 11 is 0. The Hall–Kier alpha value is -3.81. The molecule has 6 rings (SSSR count). The molecule has 3 aliphatic heterocycles. The average Bonchev–Trinajstić information content (AvgIpc) is 3.81. The fourth-order valence-corrected chi connectivity index (χ4v) is 7.42. The molecule has 0 aliphatic carbocycles. The fraction of sp³-hybridized carbons (Fsp3) is 0.474. The summed E-state index contributed by atoms with van der Waals surface area (Å²) in [6.07, 6.45) is -3.65. The zero-order valence-corrected chi connectivity index (χ0v) is 28.0. The van der Waals surface area contributed by atoms with E-state index in [1.807, 2.05) is 72.8 Å². The van der Waals surface area contributed by atoms with E-state index in [0.717, 1.165) is 52.8 Å². The van der Waals surface area contributed by atoms with Crippen molar-refractivity contribution < 1.29 is 42.4 Å². The lowest BCUT2D eigenvalue weighted by molar-refractivity contribution is -0.276. The summed E-state index contributed by atoms with van der Waals surface area (Å²) in [6.45, 7) is 3.72. The van der Waals surface area contributed by atoms with Gasteiger partial charge in [0.25, 0.3) is 0 Å².